The van der Waals surface area contributed by atoms with Crippen molar-refractivity contribution >= 4 is 5.91 Å². The van der Waals surface area contributed by atoms with Crippen LogP contribution in [0.4, 0.5) is 0 Å². The van der Waals surface area contributed by atoms with Crippen molar-refractivity contribution in [1.82, 2.24) is 5.32 Å². The van der Waals surface area contributed by atoms with Crippen molar-refractivity contribution in [3.8, 4) is 0 Å². The van der Waals surface area contributed by atoms with Crippen LogP contribution in [0, 0.1) is 5.92 Å². The molecule has 2 rings (SSSR count). The van der Waals surface area contributed by atoms with Gasteiger partial charge in [-0.2, -0.15) is 0 Å². The van der Waals surface area contributed by atoms with Crippen molar-refractivity contribution in [2.75, 3.05) is 0 Å². The summed E-state index contributed by atoms with van der Waals surface area (Å²) in [5.74, 6) is 1.00. The predicted molar refractivity (Wildman–Crippen MR) is 66.2 cm³/mol. The van der Waals surface area contributed by atoms with Gasteiger partial charge in [-0.25, -0.2) is 0 Å². The lowest BCUT2D eigenvalue weighted by Gasteiger charge is -2.17. The minimum Gasteiger partial charge on any atom is -0.353 e. The summed E-state index contributed by atoms with van der Waals surface area (Å²) in [4.78, 5) is 11.9. The van der Waals surface area contributed by atoms with E-state index < -0.39 is 0 Å². The summed E-state index contributed by atoms with van der Waals surface area (Å²) in [5.41, 5.74) is 0. The van der Waals surface area contributed by atoms with E-state index in [0.717, 1.165) is 6.42 Å². The molecule has 92 valence electrons. The van der Waals surface area contributed by atoms with Gasteiger partial charge >= 0.3 is 0 Å². The number of carbonyl (C=O) groups is 1. The molecule has 2 aliphatic carbocycles. The first-order chi connectivity index (χ1) is 7.84. The number of hydrogen-bond donors (Lipinski definition) is 1. The highest BCUT2D eigenvalue weighted by Gasteiger charge is 2.20. The summed E-state index contributed by atoms with van der Waals surface area (Å²) in [6.45, 7) is 0. The summed E-state index contributed by atoms with van der Waals surface area (Å²) in [6.07, 6.45) is 13.7. The normalized spacial score (nSPS) is 24.2. The first-order valence-corrected chi connectivity index (χ1v) is 7.14. The van der Waals surface area contributed by atoms with E-state index in [1.54, 1.807) is 0 Å². The Balaban J connectivity index is 1.68. The summed E-state index contributed by atoms with van der Waals surface area (Å²) in [6, 6.07) is 0.483. The smallest absolute Gasteiger partial charge is 0.220 e. The Bertz CT molecular complexity index is 213. The largest absolute Gasteiger partial charge is 0.353 e. The minimum absolute atomic E-state index is 0.318. The fourth-order valence-electron chi connectivity index (χ4n) is 3.19. The molecule has 1 N–H and O–H groups in total. The van der Waals surface area contributed by atoms with E-state index in [9.17, 15) is 4.79 Å². The molecule has 2 heteroatoms. The van der Waals surface area contributed by atoms with E-state index >= 15 is 0 Å². The molecule has 0 aromatic carbocycles. The van der Waals surface area contributed by atoms with Gasteiger partial charge in [-0.15, -0.1) is 0 Å². The Kier molecular flexibility index (Phi) is 4.68. The van der Waals surface area contributed by atoms with Crippen LogP contribution in [0.1, 0.15) is 70.6 Å². The molecule has 0 saturated heterocycles. The Morgan fingerprint density at radius 2 is 1.44 bits per heavy atom. The van der Waals surface area contributed by atoms with Crippen LogP contribution < -0.4 is 5.32 Å². The molecular weight excluding hydrogens is 198 g/mol. The molecule has 0 aromatic heterocycles. The van der Waals surface area contributed by atoms with Gasteiger partial charge in [0.25, 0.3) is 0 Å². The highest BCUT2D eigenvalue weighted by Crippen LogP contribution is 2.27. The second-order valence-electron chi connectivity index (χ2n) is 5.61. The maximum absolute atomic E-state index is 11.9. The summed E-state index contributed by atoms with van der Waals surface area (Å²) in [7, 11) is 0. The lowest BCUT2D eigenvalue weighted by molar-refractivity contribution is -0.122. The SMILES string of the molecule is O=C(CC1CCCC1)NC1CCCCCC1. The fourth-order valence-corrected chi connectivity index (χ4v) is 3.19. The van der Waals surface area contributed by atoms with Crippen LogP contribution in [0.15, 0.2) is 0 Å². The molecular formula is C14H25NO. The van der Waals surface area contributed by atoms with E-state index in [1.807, 2.05) is 0 Å². The Hall–Kier alpha value is -0.530. The number of nitrogens with one attached hydrogen (secondary N) is 1. The molecule has 0 heterocycles. The Labute approximate surface area is 99.2 Å². The molecule has 0 aromatic rings. The summed E-state index contributed by atoms with van der Waals surface area (Å²) in [5, 5.41) is 3.25. The van der Waals surface area contributed by atoms with Gasteiger partial charge in [0.05, 0.1) is 0 Å². The van der Waals surface area contributed by atoms with Crippen molar-refractivity contribution in [3.05, 3.63) is 0 Å². The number of rotatable bonds is 3. The average molecular weight is 223 g/mol. The monoisotopic (exact) mass is 223 g/mol. The minimum atomic E-state index is 0.318. The fraction of sp³-hybridized carbons (Fsp3) is 0.929. The maximum Gasteiger partial charge on any atom is 0.220 e. The standard InChI is InChI=1S/C14H25NO/c16-14(11-12-7-5-6-8-12)15-13-9-3-1-2-4-10-13/h12-13H,1-11H2,(H,15,16). The zero-order chi connectivity index (χ0) is 11.2. The van der Waals surface area contributed by atoms with Crippen LogP contribution in [-0.2, 0) is 4.79 Å². The van der Waals surface area contributed by atoms with Gasteiger partial charge in [-0.05, 0) is 31.6 Å². The second-order valence-corrected chi connectivity index (χ2v) is 5.61. The molecule has 1 amide bonds. The Morgan fingerprint density at radius 1 is 0.875 bits per heavy atom. The van der Waals surface area contributed by atoms with Gasteiger partial charge in [-0.3, -0.25) is 4.79 Å². The van der Waals surface area contributed by atoms with Crippen LogP contribution in [0.2, 0.25) is 0 Å². The van der Waals surface area contributed by atoms with Crippen LogP contribution in [0.3, 0.4) is 0 Å². The molecule has 0 aliphatic heterocycles. The van der Waals surface area contributed by atoms with Crippen molar-refractivity contribution in [2.45, 2.75) is 76.7 Å². The second kappa shape index (κ2) is 6.27. The summed E-state index contributed by atoms with van der Waals surface area (Å²) < 4.78 is 0. The Morgan fingerprint density at radius 3 is 2.06 bits per heavy atom. The molecule has 0 bridgehead atoms. The zero-order valence-corrected chi connectivity index (χ0v) is 10.3. The van der Waals surface area contributed by atoms with E-state index in [2.05, 4.69) is 5.32 Å². The molecule has 0 atom stereocenters. The van der Waals surface area contributed by atoms with Crippen molar-refractivity contribution in [1.29, 1.82) is 0 Å². The van der Waals surface area contributed by atoms with Crippen molar-refractivity contribution in [2.24, 2.45) is 5.92 Å². The third kappa shape index (κ3) is 3.80. The van der Waals surface area contributed by atoms with E-state index in [4.69, 9.17) is 0 Å². The predicted octanol–water partition coefficient (Wildman–Crippen LogP) is 3.41. The van der Waals surface area contributed by atoms with Gasteiger partial charge in [0.15, 0.2) is 0 Å². The van der Waals surface area contributed by atoms with Gasteiger partial charge in [-0.1, -0.05) is 38.5 Å². The summed E-state index contributed by atoms with van der Waals surface area (Å²) >= 11 is 0. The van der Waals surface area contributed by atoms with Crippen LogP contribution in [-0.4, -0.2) is 11.9 Å². The third-order valence-electron chi connectivity index (χ3n) is 4.17. The molecule has 16 heavy (non-hydrogen) atoms. The maximum atomic E-state index is 11.9. The number of carbonyl (C=O) groups excluding carboxylic acids is 1. The average Bonchev–Trinajstić information content (AvgIpc) is 2.62. The molecule has 2 fully saturated rings. The number of amides is 1. The van der Waals surface area contributed by atoms with Gasteiger partial charge < -0.3 is 5.32 Å². The molecule has 2 aliphatic rings. The van der Waals surface area contributed by atoms with Gasteiger partial charge in [0.1, 0.15) is 0 Å². The first kappa shape index (κ1) is 11.9. The molecule has 0 unspecified atom stereocenters. The molecule has 0 spiro atoms. The van der Waals surface area contributed by atoms with Crippen molar-refractivity contribution in [3.63, 3.8) is 0 Å². The van der Waals surface area contributed by atoms with Crippen LogP contribution in [0.5, 0.6) is 0 Å². The van der Waals surface area contributed by atoms with Crippen LogP contribution >= 0.6 is 0 Å². The highest BCUT2D eigenvalue weighted by molar-refractivity contribution is 5.76. The third-order valence-corrected chi connectivity index (χ3v) is 4.17. The lowest BCUT2D eigenvalue weighted by atomic mass is 10.0. The highest BCUT2D eigenvalue weighted by atomic mass is 16.1. The molecule has 2 saturated carbocycles. The topological polar surface area (TPSA) is 29.1 Å². The van der Waals surface area contributed by atoms with Gasteiger partial charge in [0, 0.05) is 12.5 Å². The van der Waals surface area contributed by atoms with Crippen LogP contribution in [0.25, 0.3) is 0 Å². The molecule has 2 nitrogen and oxygen atoms in total. The van der Waals surface area contributed by atoms with Gasteiger partial charge in [0.2, 0.25) is 5.91 Å². The first-order valence-electron chi connectivity index (χ1n) is 7.14. The van der Waals surface area contributed by atoms with E-state index in [0.29, 0.717) is 17.9 Å². The van der Waals surface area contributed by atoms with E-state index in [-0.39, 0.29) is 0 Å². The van der Waals surface area contributed by atoms with E-state index in [1.165, 1.54) is 64.2 Å². The quantitative estimate of drug-likeness (QED) is 0.730. The lowest BCUT2D eigenvalue weighted by Crippen LogP contribution is -2.35. The van der Waals surface area contributed by atoms with Crippen molar-refractivity contribution < 1.29 is 4.79 Å². The molecule has 0 radical (unpaired) electrons. The zero-order valence-electron chi connectivity index (χ0n) is 10.3. The number of hydrogen-bond acceptors (Lipinski definition) is 1.